The summed E-state index contributed by atoms with van der Waals surface area (Å²) in [6, 6.07) is 0. The number of carbonyl (C=O) groups is 1. The van der Waals surface area contributed by atoms with Crippen LogP contribution < -0.4 is 10.6 Å². The summed E-state index contributed by atoms with van der Waals surface area (Å²) in [5.41, 5.74) is -0.0623. The van der Waals surface area contributed by atoms with Gasteiger partial charge in [-0.25, -0.2) is 4.79 Å². The number of hydrogen-bond acceptors (Lipinski definition) is 3. The summed E-state index contributed by atoms with van der Waals surface area (Å²) in [5.74, 6) is 0.417. The van der Waals surface area contributed by atoms with Crippen LogP contribution in [0.2, 0.25) is 0 Å². The van der Waals surface area contributed by atoms with Crippen molar-refractivity contribution in [2.24, 2.45) is 5.92 Å². The predicted octanol–water partition coefficient (Wildman–Crippen LogP) is 2.29. The Kier molecular flexibility index (Phi) is 4.42. The van der Waals surface area contributed by atoms with Crippen LogP contribution in [0.1, 0.15) is 47.5 Å². The Balaban J connectivity index is 2.10. The van der Waals surface area contributed by atoms with E-state index in [4.69, 9.17) is 4.74 Å². The van der Waals surface area contributed by atoms with Crippen LogP contribution in [-0.4, -0.2) is 30.3 Å². The van der Waals surface area contributed by atoms with Gasteiger partial charge in [-0.15, -0.1) is 0 Å². The van der Waals surface area contributed by atoms with E-state index in [2.05, 4.69) is 24.5 Å². The van der Waals surface area contributed by atoms with Gasteiger partial charge in [0.25, 0.3) is 0 Å². The molecule has 4 nitrogen and oxygen atoms in total. The van der Waals surface area contributed by atoms with Crippen molar-refractivity contribution in [1.82, 2.24) is 10.6 Å². The SMILES string of the molecule is CC(CNC(=O)OC(C)(C)C)CNC1(C)CC1. The van der Waals surface area contributed by atoms with Gasteiger partial charge in [0.1, 0.15) is 5.60 Å². The maximum absolute atomic E-state index is 11.4. The monoisotopic (exact) mass is 242 g/mol. The Morgan fingerprint density at radius 3 is 2.41 bits per heavy atom. The highest BCUT2D eigenvalue weighted by Crippen LogP contribution is 2.34. The van der Waals surface area contributed by atoms with Gasteiger partial charge < -0.3 is 15.4 Å². The molecular formula is C13H26N2O2. The van der Waals surface area contributed by atoms with E-state index in [0.717, 1.165) is 6.54 Å². The minimum Gasteiger partial charge on any atom is -0.444 e. The lowest BCUT2D eigenvalue weighted by atomic mass is 10.1. The number of ether oxygens (including phenoxy) is 1. The predicted molar refractivity (Wildman–Crippen MR) is 69.0 cm³/mol. The summed E-state index contributed by atoms with van der Waals surface area (Å²) >= 11 is 0. The minimum atomic E-state index is -0.424. The van der Waals surface area contributed by atoms with Crippen molar-refractivity contribution in [1.29, 1.82) is 0 Å². The van der Waals surface area contributed by atoms with E-state index in [-0.39, 0.29) is 6.09 Å². The number of nitrogens with one attached hydrogen (secondary N) is 2. The second-order valence-electron chi connectivity index (χ2n) is 6.43. The smallest absolute Gasteiger partial charge is 0.407 e. The lowest BCUT2D eigenvalue weighted by Gasteiger charge is -2.21. The highest BCUT2D eigenvalue weighted by Gasteiger charge is 2.36. The summed E-state index contributed by atoms with van der Waals surface area (Å²) < 4.78 is 5.18. The molecule has 0 radical (unpaired) electrons. The maximum atomic E-state index is 11.4. The van der Waals surface area contributed by atoms with Gasteiger partial charge in [-0.05, 0) is 53.0 Å². The molecule has 0 spiro atoms. The molecule has 0 aromatic heterocycles. The van der Waals surface area contributed by atoms with Crippen LogP contribution in [0.5, 0.6) is 0 Å². The summed E-state index contributed by atoms with van der Waals surface area (Å²) in [7, 11) is 0. The molecule has 100 valence electrons. The van der Waals surface area contributed by atoms with Crippen molar-refractivity contribution in [2.45, 2.75) is 58.6 Å². The van der Waals surface area contributed by atoms with Gasteiger partial charge in [0, 0.05) is 12.1 Å². The Morgan fingerprint density at radius 2 is 1.94 bits per heavy atom. The van der Waals surface area contributed by atoms with Crippen molar-refractivity contribution >= 4 is 6.09 Å². The Morgan fingerprint density at radius 1 is 1.35 bits per heavy atom. The molecule has 1 atom stereocenters. The van der Waals surface area contributed by atoms with Crippen LogP contribution in [0.25, 0.3) is 0 Å². The van der Waals surface area contributed by atoms with Gasteiger partial charge >= 0.3 is 6.09 Å². The van der Waals surface area contributed by atoms with Crippen molar-refractivity contribution in [2.75, 3.05) is 13.1 Å². The maximum Gasteiger partial charge on any atom is 0.407 e. The van der Waals surface area contributed by atoms with Crippen molar-refractivity contribution < 1.29 is 9.53 Å². The molecular weight excluding hydrogens is 216 g/mol. The van der Waals surface area contributed by atoms with E-state index in [0.29, 0.717) is 18.0 Å². The molecule has 1 rings (SSSR count). The van der Waals surface area contributed by atoms with E-state index in [1.54, 1.807) is 0 Å². The molecule has 0 bridgehead atoms. The molecule has 1 aliphatic rings. The zero-order valence-electron chi connectivity index (χ0n) is 11.7. The number of hydrogen-bond donors (Lipinski definition) is 2. The molecule has 2 N–H and O–H groups in total. The van der Waals surface area contributed by atoms with Crippen molar-refractivity contribution in [3.8, 4) is 0 Å². The first-order valence-electron chi connectivity index (χ1n) is 6.42. The number of rotatable bonds is 5. The van der Waals surface area contributed by atoms with Crippen LogP contribution >= 0.6 is 0 Å². The molecule has 1 amide bonds. The van der Waals surface area contributed by atoms with E-state index < -0.39 is 5.60 Å². The Hall–Kier alpha value is -0.770. The first kappa shape index (κ1) is 14.3. The minimum absolute atomic E-state index is 0.331. The standard InChI is InChI=1S/C13H26N2O2/c1-10(9-15-13(5)6-7-13)8-14-11(16)17-12(2,3)4/h10,15H,6-9H2,1-5H3,(H,14,16). The van der Waals surface area contributed by atoms with Gasteiger partial charge in [-0.1, -0.05) is 6.92 Å². The first-order chi connectivity index (χ1) is 7.70. The van der Waals surface area contributed by atoms with Crippen LogP contribution in [0.4, 0.5) is 4.79 Å². The van der Waals surface area contributed by atoms with Gasteiger partial charge in [-0.3, -0.25) is 0 Å². The number of carbonyl (C=O) groups excluding carboxylic acids is 1. The zero-order chi connectivity index (χ0) is 13.1. The molecule has 1 saturated carbocycles. The lowest BCUT2D eigenvalue weighted by molar-refractivity contribution is 0.0520. The normalized spacial score (nSPS) is 19.6. The zero-order valence-corrected chi connectivity index (χ0v) is 11.7. The first-order valence-corrected chi connectivity index (χ1v) is 6.42. The molecule has 0 aliphatic heterocycles. The third-order valence-electron chi connectivity index (χ3n) is 2.87. The number of amides is 1. The Labute approximate surface area is 104 Å². The summed E-state index contributed by atoms with van der Waals surface area (Å²) in [5, 5.41) is 6.31. The summed E-state index contributed by atoms with van der Waals surface area (Å²) in [6.07, 6.45) is 2.19. The second kappa shape index (κ2) is 5.25. The van der Waals surface area contributed by atoms with Gasteiger partial charge in [-0.2, -0.15) is 0 Å². The molecule has 1 fully saturated rings. The fourth-order valence-corrected chi connectivity index (χ4v) is 1.43. The Bertz CT molecular complexity index is 267. The molecule has 0 aromatic rings. The molecule has 0 aromatic carbocycles. The van der Waals surface area contributed by atoms with Gasteiger partial charge in [0.2, 0.25) is 0 Å². The fraction of sp³-hybridized carbons (Fsp3) is 0.923. The van der Waals surface area contributed by atoms with Crippen molar-refractivity contribution in [3.05, 3.63) is 0 Å². The quantitative estimate of drug-likeness (QED) is 0.777. The van der Waals surface area contributed by atoms with Crippen molar-refractivity contribution in [3.63, 3.8) is 0 Å². The van der Waals surface area contributed by atoms with E-state index >= 15 is 0 Å². The lowest BCUT2D eigenvalue weighted by Crippen LogP contribution is -2.39. The molecule has 17 heavy (non-hydrogen) atoms. The molecule has 0 saturated heterocycles. The van der Waals surface area contributed by atoms with Crippen LogP contribution in [0.15, 0.2) is 0 Å². The topological polar surface area (TPSA) is 50.4 Å². The average Bonchev–Trinajstić information content (AvgIpc) is 2.88. The molecule has 0 heterocycles. The van der Waals surface area contributed by atoms with Crippen LogP contribution in [-0.2, 0) is 4.74 Å². The third-order valence-corrected chi connectivity index (χ3v) is 2.87. The average molecular weight is 242 g/mol. The summed E-state index contributed by atoms with van der Waals surface area (Å²) in [6.45, 7) is 11.5. The van der Waals surface area contributed by atoms with E-state index in [1.165, 1.54) is 12.8 Å². The fourth-order valence-electron chi connectivity index (χ4n) is 1.43. The molecule has 1 aliphatic carbocycles. The van der Waals surface area contributed by atoms with Crippen LogP contribution in [0.3, 0.4) is 0 Å². The highest BCUT2D eigenvalue weighted by atomic mass is 16.6. The molecule has 1 unspecified atom stereocenters. The summed E-state index contributed by atoms with van der Waals surface area (Å²) in [4.78, 5) is 11.4. The molecule has 4 heteroatoms. The van der Waals surface area contributed by atoms with Gasteiger partial charge in [0.15, 0.2) is 0 Å². The second-order valence-corrected chi connectivity index (χ2v) is 6.43. The third kappa shape index (κ3) is 6.51. The van der Waals surface area contributed by atoms with E-state index in [1.807, 2.05) is 20.8 Å². The van der Waals surface area contributed by atoms with E-state index in [9.17, 15) is 4.79 Å². The highest BCUT2D eigenvalue weighted by molar-refractivity contribution is 5.67. The largest absolute Gasteiger partial charge is 0.444 e. The number of alkyl carbamates (subject to hydrolysis) is 1. The van der Waals surface area contributed by atoms with Gasteiger partial charge in [0.05, 0.1) is 0 Å². The van der Waals surface area contributed by atoms with Crippen LogP contribution in [0, 0.1) is 5.92 Å².